The molecule has 2 aromatic carbocycles. The number of nitrogens with zero attached hydrogens (tertiary/aromatic N) is 2. The Kier molecular flexibility index (Phi) is 7.81. The molecular formula is C26H29ClN4O2. The zero-order chi connectivity index (χ0) is 23.0. The fraction of sp³-hybridized carbons (Fsp3) is 0.308. The molecule has 3 N–H and O–H groups in total. The van der Waals surface area contributed by atoms with E-state index in [0.29, 0.717) is 16.4 Å². The van der Waals surface area contributed by atoms with E-state index in [0.717, 1.165) is 55.0 Å². The highest BCUT2D eigenvalue weighted by Gasteiger charge is 2.14. The van der Waals surface area contributed by atoms with E-state index in [1.54, 1.807) is 12.1 Å². The van der Waals surface area contributed by atoms with Crippen LogP contribution >= 0.6 is 11.6 Å². The molecule has 3 aromatic rings. The highest BCUT2D eigenvalue weighted by Crippen LogP contribution is 2.26. The quantitative estimate of drug-likeness (QED) is 0.359. The molecule has 6 nitrogen and oxygen atoms in total. The molecule has 0 aliphatic carbocycles. The van der Waals surface area contributed by atoms with Gasteiger partial charge >= 0.3 is 6.03 Å². The minimum atomic E-state index is -0.324. The van der Waals surface area contributed by atoms with Gasteiger partial charge in [0, 0.05) is 41.7 Å². The van der Waals surface area contributed by atoms with E-state index >= 15 is 0 Å². The van der Waals surface area contributed by atoms with Crippen molar-refractivity contribution in [2.45, 2.75) is 32.1 Å². The smallest absolute Gasteiger partial charge is 0.323 e. The number of carbonyl (C=O) groups excluding carboxylic acids is 1. The molecule has 7 heteroatoms. The third kappa shape index (κ3) is 6.24. The number of aliphatic hydroxyl groups excluding tert-OH is 1. The summed E-state index contributed by atoms with van der Waals surface area (Å²) in [6.07, 6.45) is 4.73. The van der Waals surface area contributed by atoms with Crippen LogP contribution in [0.4, 0.5) is 22.0 Å². The summed E-state index contributed by atoms with van der Waals surface area (Å²) in [6, 6.07) is 18.9. The number of halogens is 1. The Morgan fingerprint density at radius 1 is 0.970 bits per heavy atom. The number of anilines is 3. The van der Waals surface area contributed by atoms with E-state index < -0.39 is 0 Å². The third-order valence-electron chi connectivity index (χ3n) is 5.74. The number of hydrogen-bond acceptors (Lipinski definition) is 4. The summed E-state index contributed by atoms with van der Waals surface area (Å²) in [7, 11) is 0. The van der Waals surface area contributed by atoms with Crippen molar-refractivity contribution in [3.05, 3.63) is 71.2 Å². The van der Waals surface area contributed by atoms with E-state index in [1.807, 2.05) is 42.5 Å². The number of aliphatic hydroxyl groups is 1. The van der Waals surface area contributed by atoms with Crippen LogP contribution in [0.1, 0.15) is 31.2 Å². The van der Waals surface area contributed by atoms with Crippen molar-refractivity contribution < 1.29 is 9.90 Å². The zero-order valence-corrected chi connectivity index (χ0v) is 19.3. The first-order chi connectivity index (χ1) is 16.1. The molecular weight excluding hydrogens is 436 g/mol. The number of rotatable bonds is 8. The molecule has 0 unspecified atom stereocenters. The molecule has 0 atom stereocenters. The summed E-state index contributed by atoms with van der Waals surface area (Å²) < 4.78 is 0. The van der Waals surface area contributed by atoms with Gasteiger partial charge in [0.2, 0.25) is 0 Å². The molecule has 1 aliphatic heterocycles. The number of nitrogens with one attached hydrogen (secondary N) is 2. The van der Waals surface area contributed by atoms with Crippen LogP contribution in [0.15, 0.2) is 60.7 Å². The molecule has 4 rings (SSSR count). The number of aromatic nitrogens is 1. The van der Waals surface area contributed by atoms with Crippen LogP contribution in [-0.4, -0.2) is 35.8 Å². The molecule has 1 saturated heterocycles. The van der Waals surface area contributed by atoms with Crippen LogP contribution in [0.5, 0.6) is 0 Å². The van der Waals surface area contributed by atoms with Gasteiger partial charge in [-0.05, 0) is 80.1 Å². The molecule has 0 saturated carbocycles. The molecule has 33 heavy (non-hydrogen) atoms. The number of benzene rings is 2. The molecule has 2 heterocycles. The summed E-state index contributed by atoms with van der Waals surface area (Å²) in [5, 5.41) is 15.4. The first-order valence-corrected chi connectivity index (χ1v) is 11.8. The van der Waals surface area contributed by atoms with Crippen molar-refractivity contribution in [3.63, 3.8) is 0 Å². The van der Waals surface area contributed by atoms with E-state index in [-0.39, 0.29) is 12.6 Å². The second kappa shape index (κ2) is 11.2. The number of carbonyl (C=O) groups is 1. The van der Waals surface area contributed by atoms with Crippen LogP contribution in [0, 0.1) is 0 Å². The van der Waals surface area contributed by atoms with Crippen LogP contribution < -0.4 is 15.5 Å². The van der Waals surface area contributed by atoms with E-state index in [4.69, 9.17) is 21.7 Å². The van der Waals surface area contributed by atoms with E-state index in [1.165, 1.54) is 12.8 Å². The Morgan fingerprint density at radius 2 is 1.73 bits per heavy atom. The second-order valence-electron chi connectivity index (χ2n) is 8.22. The third-order valence-corrected chi connectivity index (χ3v) is 6.11. The fourth-order valence-electron chi connectivity index (χ4n) is 4.03. The van der Waals surface area contributed by atoms with Gasteiger partial charge in [0.05, 0.1) is 5.69 Å². The number of hydrogen-bond donors (Lipinski definition) is 3. The van der Waals surface area contributed by atoms with Crippen LogP contribution in [0.25, 0.3) is 11.3 Å². The van der Waals surface area contributed by atoms with Gasteiger partial charge in [-0.25, -0.2) is 9.78 Å². The maximum Gasteiger partial charge on any atom is 0.323 e. The number of urea groups is 1. The number of unbranched alkanes of at least 4 members (excludes halogenated alkanes) is 1. The molecule has 2 amide bonds. The minimum Gasteiger partial charge on any atom is -0.396 e. The van der Waals surface area contributed by atoms with Crippen LogP contribution in [0.2, 0.25) is 5.02 Å². The van der Waals surface area contributed by atoms with Gasteiger partial charge in [-0.2, -0.15) is 0 Å². The molecule has 1 aromatic heterocycles. The van der Waals surface area contributed by atoms with Crippen molar-refractivity contribution in [2.75, 3.05) is 35.2 Å². The lowest BCUT2D eigenvalue weighted by Crippen LogP contribution is -2.19. The van der Waals surface area contributed by atoms with Crippen molar-refractivity contribution in [2.24, 2.45) is 0 Å². The lowest BCUT2D eigenvalue weighted by Gasteiger charge is -2.17. The highest BCUT2D eigenvalue weighted by atomic mass is 35.5. The Balaban J connectivity index is 1.42. The Morgan fingerprint density at radius 3 is 2.52 bits per heavy atom. The normalized spacial score (nSPS) is 13.2. The lowest BCUT2D eigenvalue weighted by molar-refractivity contribution is 0.262. The standard InChI is InChI=1S/C26H29ClN4O2/c27-23-13-12-22(17-19(23)7-1-4-16-32)29-26(33)28-21-9-5-8-20(18-21)24-10-6-11-25(30-24)31-14-2-3-15-31/h5-6,8-13,17-18,32H,1-4,7,14-16H2,(H2,28,29,33). The predicted octanol–water partition coefficient (Wildman–Crippen LogP) is 5.96. The highest BCUT2D eigenvalue weighted by molar-refractivity contribution is 6.31. The SMILES string of the molecule is O=C(Nc1cccc(-c2cccc(N3CCCC3)n2)c1)Nc1ccc(Cl)c(CCCCO)c1. The molecule has 0 radical (unpaired) electrons. The molecule has 1 aliphatic rings. The topological polar surface area (TPSA) is 77.5 Å². The summed E-state index contributed by atoms with van der Waals surface area (Å²) in [5.41, 5.74) is 4.15. The van der Waals surface area contributed by atoms with Gasteiger partial charge in [-0.3, -0.25) is 0 Å². The largest absolute Gasteiger partial charge is 0.396 e. The van der Waals surface area contributed by atoms with Crippen molar-refractivity contribution in [3.8, 4) is 11.3 Å². The van der Waals surface area contributed by atoms with Crippen molar-refractivity contribution in [1.82, 2.24) is 4.98 Å². The average molecular weight is 465 g/mol. The zero-order valence-electron chi connectivity index (χ0n) is 18.6. The van der Waals surface area contributed by atoms with Gasteiger partial charge in [-0.1, -0.05) is 29.8 Å². The van der Waals surface area contributed by atoms with Gasteiger partial charge < -0.3 is 20.6 Å². The fourth-order valence-corrected chi connectivity index (χ4v) is 4.24. The van der Waals surface area contributed by atoms with Gasteiger partial charge in [0.15, 0.2) is 0 Å². The minimum absolute atomic E-state index is 0.162. The lowest BCUT2D eigenvalue weighted by atomic mass is 10.1. The average Bonchev–Trinajstić information content (AvgIpc) is 3.37. The molecule has 0 spiro atoms. The predicted molar refractivity (Wildman–Crippen MR) is 135 cm³/mol. The van der Waals surface area contributed by atoms with Gasteiger partial charge in [-0.15, -0.1) is 0 Å². The summed E-state index contributed by atoms with van der Waals surface area (Å²) in [5.74, 6) is 0.999. The van der Waals surface area contributed by atoms with E-state index in [9.17, 15) is 4.79 Å². The van der Waals surface area contributed by atoms with Crippen LogP contribution in [0.3, 0.4) is 0 Å². The number of amides is 2. The Hall–Kier alpha value is -3.09. The van der Waals surface area contributed by atoms with Gasteiger partial charge in [0.25, 0.3) is 0 Å². The first kappa shape index (κ1) is 23.1. The summed E-state index contributed by atoms with van der Waals surface area (Å²) >= 11 is 6.27. The summed E-state index contributed by atoms with van der Waals surface area (Å²) in [6.45, 7) is 2.26. The first-order valence-electron chi connectivity index (χ1n) is 11.4. The monoisotopic (exact) mass is 464 g/mol. The molecule has 0 bridgehead atoms. The number of pyridine rings is 1. The Bertz CT molecular complexity index is 1100. The second-order valence-corrected chi connectivity index (χ2v) is 8.63. The van der Waals surface area contributed by atoms with E-state index in [2.05, 4.69) is 21.6 Å². The summed E-state index contributed by atoms with van der Waals surface area (Å²) in [4.78, 5) is 19.7. The molecule has 1 fully saturated rings. The maximum atomic E-state index is 12.6. The number of aryl methyl sites for hydroxylation is 1. The van der Waals surface area contributed by atoms with Gasteiger partial charge in [0.1, 0.15) is 5.82 Å². The van der Waals surface area contributed by atoms with Crippen molar-refractivity contribution in [1.29, 1.82) is 0 Å². The maximum absolute atomic E-state index is 12.6. The Labute approximate surface area is 199 Å². The molecule has 172 valence electrons. The van der Waals surface area contributed by atoms with Crippen molar-refractivity contribution >= 4 is 34.8 Å². The van der Waals surface area contributed by atoms with Crippen LogP contribution in [-0.2, 0) is 6.42 Å².